The van der Waals surface area contributed by atoms with Gasteiger partial charge in [0, 0.05) is 5.92 Å². The zero-order valence-electron chi connectivity index (χ0n) is 10.4. The van der Waals surface area contributed by atoms with Crippen LogP contribution in [0.4, 0.5) is 5.69 Å². The highest BCUT2D eigenvalue weighted by Gasteiger charge is 2.22. The van der Waals surface area contributed by atoms with Crippen LogP contribution in [0.1, 0.15) is 20.3 Å². The van der Waals surface area contributed by atoms with Crippen LogP contribution in [0.15, 0.2) is 17.0 Å². The fraction of sp³-hybridized carbons (Fsp3) is 0.364. The van der Waals surface area contributed by atoms with Gasteiger partial charge in [-0.1, -0.05) is 37.0 Å². The van der Waals surface area contributed by atoms with Gasteiger partial charge in [0.1, 0.15) is 0 Å². The van der Waals surface area contributed by atoms with Crippen LogP contribution in [0, 0.1) is 5.92 Å². The van der Waals surface area contributed by atoms with Crippen LogP contribution < -0.4 is 10.5 Å². The van der Waals surface area contributed by atoms with Gasteiger partial charge in [-0.3, -0.25) is 4.79 Å². The van der Waals surface area contributed by atoms with Gasteiger partial charge in [0.05, 0.1) is 20.6 Å². The normalized spacial score (nSPS) is 13.1. The number of nitrogen functional groups attached to an aromatic ring is 1. The number of nitrogens with one attached hydrogen (secondary N) is 1. The molecule has 8 heteroatoms. The first kappa shape index (κ1) is 16.1. The van der Waals surface area contributed by atoms with E-state index in [9.17, 15) is 13.2 Å². The van der Waals surface area contributed by atoms with Gasteiger partial charge >= 0.3 is 0 Å². The van der Waals surface area contributed by atoms with Gasteiger partial charge in [0.2, 0.25) is 5.91 Å². The number of benzene rings is 1. The van der Waals surface area contributed by atoms with Crippen molar-refractivity contribution in [2.24, 2.45) is 5.92 Å². The molecule has 1 atom stereocenters. The van der Waals surface area contributed by atoms with Crippen LogP contribution in [0.5, 0.6) is 0 Å². The number of hydrogen-bond acceptors (Lipinski definition) is 4. The predicted octanol–water partition coefficient (Wildman–Crippen LogP) is 2.43. The molecule has 0 spiro atoms. The minimum Gasteiger partial charge on any atom is -0.396 e. The van der Waals surface area contributed by atoms with E-state index in [0.717, 1.165) is 12.1 Å². The number of nitrogens with two attached hydrogens (primary N) is 1. The zero-order valence-corrected chi connectivity index (χ0v) is 12.7. The molecule has 1 rings (SSSR count). The molecule has 0 heterocycles. The van der Waals surface area contributed by atoms with Gasteiger partial charge in [-0.25, -0.2) is 13.1 Å². The molecule has 3 N–H and O–H groups in total. The van der Waals surface area contributed by atoms with Gasteiger partial charge in [-0.2, -0.15) is 0 Å². The van der Waals surface area contributed by atoms with Crippen LogP contribution in [-0.4, -0.2) is 14.3 Å². The lowest BCUT2D eigenvalue weighted by Crippen LogP contribution is -2.34. The topological polar surface area (TPSA) is 89.3 Å². The summed E-state index contributed by atoms with van der Waals surface area (Å²) >= 11 is 11.5. The Kier molecular flexibility index (Phi) is 5.06. The lowest BCUT2D eigenvalue weighted by molar-refractivity contribution is -0.122. The van der Waals surface area contributed by atoms with E-state index in [1.54, 1.807) is 13.8 Å². The van der Waals surface area contributed by atoms with E-state index in [2.05, 4.69) is 0 Å². The van der Waals surface area contributed by atoms with Gasteiger partial charge < -0.3 is 5.73 Å². The van der Waals surface area contributed by atoms with Crippen LogP contribution >= 0.6 is 23.2 Å². The van der Waals surface area contributed by atoms with Crippen molar-refractivity contribution in [1.29, 1.82) is 0 Å². The fourth-order valence-corrected chi connectivity index (χ4v) is 2.94. The van der Waals surface area contributed by atoms with Gasteiger partial charge in [0.25, 0.3) is 10.0 Å². The summed E-state index contributed by atoms with van der Waals surface area (Å²) in [6.45, 7) is 3.42. The zero-order chi connectivity index (χ0) is 14.8. The minimum atomic E-state index is -4.00. The summed E-state index contributed by atoms with van der Waals surface area (Å²) in [7, 11) is -4.00. The Hall–Kier alpha value is -0.980. The van der Waals surface area contributed by atoms with E-state index < -0.39 is 21.8 Å². The lowest BCUT2D eigenvalue weighted by atomic mass is 10.1. The van der Waals surface area contributed by atoms with Crippen molar-refractivity contribution in [3.8, 4) is 0 Å². The summed E-state index contributed by atoms with van der Waals surface area (Å²) in [6, 6.07) is 2.30. The summed E-state index contributed by atoms with van der Waals surface area (Å²) in [5.74, 6) is -0.985. The molecule has 1 amide bonds. The summed E-state index contributed by atoms with van der Waals surface area (Å²) in [5.41, 5.74) is 5.61. The van der Waals surface area contributed by atoms with Crippen molar-refractivity contribution < 1.29 is 13.2 Å². The number of halogens is 2. The van der Waals surface area contributed by atoms with Crippen LogP contribution in [-0.2, 0) is 14.8 Å². The van der Waals surface area contributed by atoms with E-state index in [1.807, 2.05) is 4.72 Å². The number of carbonyl (C=O) groups excluding carboxylic acids is 1. The highest BCUT2D eigenvalue weighted by atomic mass is 35.5. The largest absolute Gasteiger partial charge is 0.396 e. The summed E-state index contributed by atoms with van der Waals surface area (Å²) < 4.78 is 25.9. The van der Waals surface area contributed by atoms with E-state index in [4.69, 9.17) is 28.9 Å². The molecular weight excluding hydrogens is 311 g/mol. The Morgan fingerprint density at radius 1 is 1.37 bits per heavy atom. The third kappa shape index (κ3) is 3.75. The Morgan fingerprint density at radius 3 is 2.26 bits per heavy atom. The van der Waals surface area contributed by atoms with Crippen LogP contribution in [0.2, 0.25) is 10.0 Å². The maximum absolute atomic E-state index is 12.0. The summed E-state index contributed by atoms with van der Waals surface area (Å²) in [5, 5.41) is 0.0349. The molecule has 0 aromatic heterocycles. The molecule has 0 fully saturated rings. The number of hydrogen-bond donors (Lipinski definition) is 2. The molecule has 0 unspecified atom stereocenters. The molecule has 5 nitrogen and oxygen atoms in total. The Labute approximate surface area is 122 Å². The van der Waals surface area contributed by atoms with E-state index in [1.165, 1.54) is 0 Å². The number of rotatable bonds is 4. The van der Waals surface area contributed by atoms with Crippen molar-refractivity contribution in [3.63, 3.8) is 0 Å². The van der Waals surface area contributed by atoms with Gasteiger partial charge in [0.15, 0.2) is 0 Å². The molecule has 0 bridgehead atoms. The fourth-order valence-electron chi connectivity index (χ4n) is 1.19. The maximum Gasteiger partial charge on any atom is 0.264 e. The standard InChI is InChI=1S/C11H14Cl2N2O3S/c1-3-6(2)11(16)15-19(17,18)7-4-8(12)10(14)9(13)5-7/h4-6H,3,14H2,1-2H3,(H,15,16)/t6-/m0/s1. The molecule has 0 saturated carbocycles. The van der Waals surface area contributed by atoms with E-state index in [0.29, 0.717) is 6.42 Å². The average molecular weight is 325 g/mol. The second-order valence-corrected chi connectivity index (χ2v) is 6.58. The maximum atomic E-state index is 12.0. The first-order valence-electron chi connectivity index (χ1n) is 5.50. The monoisotopic (exact) mass is 324 g/mol. The third-order valence-corrected chi connectivity index (χ3v) is 4.61. The average Bonchev–Trinajstić information content (AvgIpc) is 2.33. The highest BCUT2D eigenvalue weighted by molar-refractivity contribution is 7.90. The molecule has 0 aliphatic rings. The summed E-state index contributed by atoms with van der Waals surface area (Å²) in [4.78, 5) is 11.4. The van der Waals surface area contributed by atoms with Gasteiger partial charge in [-0.05, 0) is 18.6 Å². The number of sulfonamides is 1. The Morgan fingerprint density at radius 2 is 1.84 bits per heavy atom. The SMILES string of the molecule is CC[C@H](C)C(=O)NS(=O)(=O)c1cc(Cl)c(N)c(Cl)c1. The quantitative estimate of drug-likeness (QED) is 0.832. The molecule has 0 saturated heterocycles. The van der Waals surface area contributed by atoms with Crippen molar-refractivity contribution in [1.82, 2.24) is 4.72 Å². The molecule has 0 radical (unpaired) electrons. The predicted molar refractivity (Wildman–Crippen MR) is 75.7 cm³/mol. The second kappa shape index (κ2) is 5.98. The molecular formula is C11H14Cl2N2O3S. The second-order valence-electron chi connectivity index (χ2n) is 4.08. The van der Waals surface area contributed by atoms with Crippen molar-refractivity contribution in [3.05, 3.63) is 22.2 Å². The third-order valence-electron chi connectivity index (χ3n) is 2.66. The smallest absolute Gasteiger partial charge is 0.264 e. The number of amides is 1. The van der Waals surface area contributed by atoms with E-state index >= 15 is 0 Å². The first-order chi connectivity index (χ1) is 8.69. The number of carbonyl (C=O) groups is 1. The minimum absolute atomic E-state index is 0.0175. The van der Waals surface area contributed by atoms with Gasteiger partial charge in [-0.15, -0.1) is 0 Å². The summed E-state index contributed by atoms with van der Waals surface area (Å²) in [6.07, 6.45) is 0.532. The van der Waals surface area contributed by atoms with Crippen LogP contribution in [0.25, 0.3) is 0 Å². The van der Waals surface area contributed by atoms with Crippen molar-refractivity contribution in [2.45, 2.75) is 25.2 Å². The highest BCUT2D eigenvalue weighted by Crippen LogP contribution is 2.30. The molecule has 0 aliphatic heterocycles. The Balaban J connectivity index is 3.11. The molecule has 0 aliphatic carbocycles. The Bertz CT molecular complexity index is 579. The first-order valence-corrected chi connectivity index (χ1v) is 7.74. The van der Waals surface area contributed by atoms with Crippen molar-refractivity contribution in [2.75, 3.05) is 5.73 Å². The molecule has 1 aromatic carbocycles. The van der Waals surface area contributed by atoms with Crippen LogP contribution in [0.3, 0.4) is 0 Å². The van der Waals surface area contributed by atoms with Crippen molar-refractivity contribution >= 4 is 44.8 Å². The number of anilines is 1. The van der Waals surface area contributed by atoms with E-state index in [-0.39, 0.29) is 20.6 Å². The molecule has 19 heavy (non-hydrogen) atoms. The molecule has 106 valence electrons. The lowest BCUT2D eigenvalue weighted by Gasteiger charge is -2.12. The molecule has 1 aromatic rings.